The molecule has 0 bridgehead atoms. The van der Waals surface area contributed by atoms with Gasteiger partial charge in [-0.2, -0.15) is 0 Å². The Bertz CT molecular complexity index is 517. The smallest absolute Gasteiger partial charge is 0.161 e. The second-order valence-corrected chi connectivity index (χ2v) is 7.02. The third-order valence-electron chi connectivity index (χ3n) is 3.41. The first-order valence-electron chi connectivity index (χ1n) is 6.19. The van der Waals surface area contributed by atoms with E-state index in [-0.39, 0.29) is 5.54 Å². The van der Waals surface area contributed by atoms with Gasteiger partial charge in [-0.05, 0) is 47.0 Å². The topological polar surface area (TPSA) is 33.6 Å². The lowest BCUT2D eigenvalue weighted by molar-refractivity contribution is 0.0624. The highest BCUT2D eigenvalue weighted by atomic mass is 79.9. The lowest BCUT2D eigenvalue weighted by atomic mass is 9.93. The van der Waals surface area contributed by atoms with Gasteiger partial charge < -0.3 is 10.1 Å². The number of anilines is 1. The number of rotatable bonds is 1. The SMILES string of the molecule is Clc1cc(NC2=NC3(CCOCC3)CS2)ccc1Br. The highest BCUT2D eigenvalue weighted by molar-refractivity contribution is 9.10. The van der Waals surface area contributed by atoms with Crippen LogP contribution >= 0.6 is 39.3 Å². The zero-order chi connectivity index (χ0) is 13.3. The van der Waals surface area contributed by atoms with Crippen molar-refractivity contribution in [3.05, 3.63) is 27.7 Å². The molecule has 3 nitrogen and oxygen atoms in total. The molecule has 6 heteroatoms. The van der Waals surface area contributed by atoms with Crippen molar-refractivity contribution in [2.75, 3.05) is 24.3 Å². The predicted octanol–water partition coefficient (Wildman–Crippen LogP) is 4.17. The molecule has 0 radical (unpaired) electrons. The minimum atomic E-state index is 0.0877. The number of hydrogen-bond donors (Lipinski definition) is 1. The normalized spacial score (nSPS) is 21.5. The molecule has 0 aliphatic carbocycles. The van der Waals surface area contributed by atoms with Crippen LogP contribution in [-0.2, 0) is 4.74 Å². The second kappa shape index (κ2) is 5.64. The number of amidine groups is 1. The highest BCUT2D eigenvalue weighted by Gasteiger charge is 2.37. The maximum Gasteiger partial charge on any atom is 0.161 e. The van der Waals surface area contributed by atoms with Crippen molar-refractivity contribution in [3.8, 4) is 0 Å². The van der Waals surface area contributed by atoms with E-state index in [4.69, 9.17) is 21.3 Å². The summed E-state index contributed by atoms with van der Waals surface area (Å²) < 4.78 is 6.32. The molecule has 2 aliphatic rings. The van der Waals surface area contributed by atoms with E-state index < -0.39 is 0 Å². The van der Waals surface area contributed by atoms with Gasteiger partial charge in [-0.3, -0.25) is 4.99 Å². The zero-order valence-electron chi connectivity index (χ0n) is 10.3. The minimum Gasteiger partial charge on any atom is -0.381 e. The standard InChI is InChI=1S/C13H14BrClN2OS/c14-10-2-1-9(7-11(10)15)16-12-17-13(8-19-12)3-5-18-6-4-13/h1-2,7H,3-6,8H2,(H,16,17). The number of thioether (sulfide) groups is 1. The van der Waals surface area contributed by atoms with E-state index in [2.05, 4.69) is 21.2 Å². The molecule has 0 aromatic heterocycles. The van der Waals surface area contributed by atoms with E-state index in [9.17, 15) is 0 Å². The molecule has 1 saturated heterocycles. The van der Waals surface area contributed by atoms with Gasteiger partial charge in [0.15, 0.2) is 5.17 Å². The molecular formula is C13H14BrClN2OS. The number of ether oxygens (including phenoxy) is 1. The van der Waals surface area contributed by atoms with Gasteiger partial charge in [0.05, 0.1) is 10.6 Å². The van der Waals surface area contributed by atoms with Gasteiger partial charge in [0.1, 0.15) is 0 Å². The molecule has 19 heavy (non-hydrogen) atoms. The quantitative estimate of drug-likeness (QED) is 0.815. The number of nitrogens with zero attached hydrogens (tertiary/aromatic N) is 1. The largest absolute Gasteiger partial charge is 0.381 e. The lowest BCUT2D eigenvalue weighted by Gasteiger charge is -2.29. The van der Waals surface area contributed by atoms with Crippen LogP contribution in [0.15, 0.2) is 27.7 Å². The summed E-state index contributed by atoms with van der Waals surface area (Å²) in [7, 11) is 0. The maximum atomic E-state index is 6.09. The van der Waals surface area contributed by atoms with Crippen molar-refractivity contribution in [2.45, 2.75) is 18.4 Å². The Morgan fingerprint density at radius 3 is 2.89 bits per heavy atom. The van der Waals surface area contributed by atoms with Crippen LogP contribution in [0.4, 0.5) is 5.69 Å². The van der Waals surface area contributed by atoms with E-state index in [1.165, 1.54) is 0 Å². The first-order chi connectivity index (χ1) is 9.17. The summed E-state index contributed by atoms with van der Waals surface area (Å²) in [6, 6.07) is 5.84. The average Bonchev–Trinajstić information content (AvgIpc) is 2.78. The Labute approximate surface area is 130 Å². The molecule has 3 rings (SSSR count). The van der Waals surface area contributed by atoms with Crippen LogP contribution in [0.5, 0.6) is 0 Å². The molecule has 1 fully saturated rings. The summed E-state index contributed by atoms with van der Waals surface area (Å²) in [6.07, 6.45) is 2.04. The van der Waals surface area contributed by atoms with E-state index in [1.807, 2.05) is 18.2 Å². The Morgan fingerprint density at radius 1 is 1.37 bits per heavy atom. The number of benzene rings is 1. The third kappa shape index (κ3) is 3.10. The first-order valence-corrected chi connectivity index (χ1v) is 8.35. The number of aliphatic imine (C=N–C) groups is 1. The van der Waals surface area contributed by atoms with Crippen LogP contribution in [0, 0.1) is 0 Å². The van der Waals surface area contributed by atoms with Crippen LogP contribution in [-0.4, -0.2) is 29.7 Å². The van der Waals surface area contributed by atoms with Crippen molar-refractivity contribution in [3.63, 3.8) is 0 Å². The molecule has 0 atom stereocenters. The van der Waals surface area contributed by atoms with Gasteiger partial charge >= 0.3 is 0 Å². The molecule has 1 aromatic rings. The van der Waals surface area contributed by atoms with Crippen molar-refractivity contribution in [2.24, 2.45) is 4.99 Å². The molecule has 2 heterocycles. The first kappa shape index (κ1) is 13.7. The summed E-state index contributed by atoms with van der Waals surface area (Å²) in [5.41, 5.74) is 1.06. The predicted molar refractivity (Wildman–Crippen MR) is 85.5 cm³/mol. The zero-order valence-corrected chi connectivity index (χ0v) is 13.4. The van der Waals surface area contributed by atoms with Gasteiger partial charge in [-0.15, -0.1) is 0 Å². The summed E-state index contributed by atoms with van der Waals surface area (Å²) >= 11 is 11.3. The van der Waals surface area contributed by atoms with Crippen molar-refractivity contribution in [1.29, 1.82) is 0 Å². The summed E-state index contributed by atoms with van der Waals surface area (Å²) in [5, 5.41) is 5.04. The lowest BCUT2D eigenvalue weighted by Crippen LogP contribution is -2.34. The molecule has 1 N–H and O–H groups in total. The molecule has 2 aliphatic heterocycles. The van der Waals surface area contributed by atoms with Crippen LogP contribution in [0.2, 0.25) is 5.02 Å². The van der Waals surface area contributed by atoms with Crippen LogP contribution in [0.1, 0.15) is 12.8 Å². The monoisotopic (exact) mass is 360 g/mol. The number of halogens is 2. The van der Waals surface area contributed by atoms with Crippen LogP contribution < -0.4 is 5.32 Å². The Hall–Kier alpha value is -0.230. The molecular weight excluding hydrogens is 348 g/mol. The molecule has 1 spiro atoms. The Morgan fingerprint density at radius 2 is 2.16 bits per heavy atom. The fourth-order valence-electron chi connectivity index (χ4n) is 2.25. The number of nitrogens with one attached hydrogen (secondary N) is 1. The molecule has 0 unspecified atom stereocenters. The minimum absolute atomic E-state index is 0.0877. The van der Waals surface area contributed by atoms with E-state index >= 15 is 0 Å². The fraction of sp³-hybridized carbons (Fsp3) is 0.462. The molecule has 102 valence electrons. The number of hydrogen-bond acceptors (Lipinski definition) is 4. The van der Waals surface area contributed by atoms with E-state index in [1.54, 1.807) is 11.8 Å². The Kier molecular flexibility index (Phi) is 4.08. The van der Waals surface area contributed by atoms with Crippen molar-refractivity contribution in [1.82, 2.24) is 0 Å². The third-order valence-corrected chi connectivity index (χ3v) is 5.79. The van der Waals surface area contributed by atoms with E-state index in [0.29, 0.717) is 5.02 Å². The van der Waals surface area contributed by atoms with Crippen molar-refractivity contribution < 1.29 is 4.74 Å². The molecule has 1 aromatic carbocycles. The van der Waals surface area contributed by atoms with Gasteiger partial charge in [-0.25, -0.2) is 0 Å². The second-order valence-electron chi connectivity index (χ2n) is 4.80. The highest BCUT2D eigenvalue weighted by Crippen LogP contribution is 2.36. The average molecular weight is 362 g/mol. The summed E-state index contributed by atoms with van der Waals surface area (Å²) in [4.78, 5) is 4.86. The van der Waals surface area contributed by atoms with Gasteiger partial charge in [0, 0.05) is 29.1 Å². The van der Waals surface area contributed by atoms with Crippen molar-refractivity contribution >= 4 is 50.1 Å². The molecule has 0 saturated carbocycles. The Balaban J connectivity index is 1.73. The summed E-state index contributed by atoms with van der Waals surface area (Å²) in [6.45, 7) is 1.64. The van der Waals surface area contributed by atoms with Gasteiger partial charge in [0.2, 0.25) is 0 Å². The van der Waals surface area contributed by atoms with Crippen LogP contribution in [0.25, 0.3) is 0 Å². The maximum absolute atomic E-state index is 6.09. The van der Waals surface area contributed by atoms with Gasteiger partial charge in [-0.1, -0.05) is 23.4 Å². The summed E-state index contributed by atoms with van der Waals surface area (Å²) in [5.74, 6) is 1.04. The molecule has 0 amide bonds. The van der Waals surface area contributed by atoms with Gasteiger partial charge in [0.25, 0.3) is 0 Å². The fourth-order valence-corrected chi connectivity index (χ4v) is 3.89. The van der Waals surface area contributed by atoms with Crippen LogP contribution in [0.3, 0.4) is 0 Å². The van der Waals surface area contributed by atoms with E-state index in [0.717, 1.165) is 47.1 Å².